The zero-order valence-corrected chi connectivity index (χ0v) is 9.33. The van der Waals surface area contributed by atoms with E-state index in [0.29, 0.717) is 6.10 Å². The summed E-state index contributed by atoms with van der Waals surface area (Å²) in [4.78, 5) is 0. The molecule has 2 rings (SSSR count). The zero-order chi connectivity index (χ0) is 10.5. The minimum atomic E-state index is 0.457. The summed E-state index contributed by atoms with van der Waals surface area (Å²) in [6.07, 6.45) is 15.0. The van der Waals surface area contributed by atoms with Crippen LogP contribution in [0.2, 0.25) is 0 Å². The van der Waals surface area contributed by atoms with Crippen molar-refractivity contribution in [3.8, 4) is 0 Å². The highest BCUT2D eigenvalue weighted by Crippen LogP contribution is 2.25. The molecule has 2 aliphatic carbocycles. The first kappa shape index (κ1) is 10.3. The van der Waals surface area contributed by atoms with E-state index in [1.165, 1.54) is 19.3 Å². The summed E-state index contributed by atoms with van der Waals surface area (Å²) in [7, 11) is 1.95. The third-order valence-electron chi connectivity index (χ3n) is 2.92. The fourth-order valence-electron chi connectivity index (χ4n) is 1.72. The Morgan fingerprint density at radius 2 is 2.20 bits per heavy atom. The monoisotopic (exact) mass is 205 g/mol. The first-order valence-corrected chi connectivity index (χ1v) is 5.81. The van der Waals surface area contributed by atoms with Gasteiger partial charge in [-0.3, -0.25) is 0 Å². The zero-order valence-electron chi connectivity index (χ0n) is 9.33. The van der Waals surface area contributed by atoms with E-state index in [-0.39, 0.29) is 0 Å². The van der Waals surface area contributed by atoms with Gasteiger partial charge in [-0.15, -0.1) is 0 Å². The molecule has 2 heteroatoms. The molecule has 0 saturated heterocycles. The van der Waals surface area contributed by atoms with Gasteiger partial charge in [-0.2, -0.15) is 0 Å². The SMILES string of the molecule is CNC1=C/CC/C=C/C(OC2CCC2)=C\1. The van der Waals surface area contributed by atoms with Crippen molar-refractivity contribution in [1.82, 2.24) is 5.32 Å². The van der Waals surface area contributed by atoms with Crippen LogP contribution in [-0.4, -0.2) is 13.2 Å². The summed E-state index contributed by atoms with van der Waals surface area (Å²) in [6.45, 7) is 0. The smallest absolute Gasteiger partial charge is 0.121 e. The maximum Gasteiger partial charge on any atom is 0.121 e. The number of hydrogen-bond donors (Lipinski definition) is 1. The average Bonchev–Trinajstić information content (AvgIpc) is 2.14. The molecule has 1 saturated carbocycles. The molecule has 82 valence electrons. The number of hydrogen-bond acceptors (Lipinski definition) is 2. The maximum absolute atomic E-state index is 5.89. The summed E-state index contributed by atoms with van der Waals surface area (Å²) >= 11 is 0. The van der Waals surface area contributed by atoms with Crippen molar-refractivity contribution in [1.29, 1.82) is 0 Å². The molecule has 0 bridgehead atoms. The van der Waals surface area contributed by atoms with Gasteiger partial charge in [0.1, 0.15) is 5.76 Å². The Kier molecular flexibility index (Phi) is 3.49. The molecule has 1 N–H and O–H groups in total. The van der Waals surface area contributed by atoms with Crippen molar-refractivity contribution < 1.29 is 4.74 Å². The number of allylic oxidation sites excluding steroid dienone is 4. The van der Waals surface area contributed by atoms with Gasteiger partial charge >= 0.3 is 0 Å². The van der Waals surface area contributed by atoms with E-state index in [0.717, 1.165) is 24.3 Å². The molecule has 0 aromatic rings. The van der Waals surface area contributed by atoms with E-state index in [2.05, 4.69) is 29.6 Å². The van der Waals surface area contributed by atoms with Crippen LogP contribution < -0.4 is 5.32 Å². The van der Waals surface area contributed by atoms with Gasteiger partial charge < -0.3 is 10.1 Å². The van der Waals surface area contributed by atoms with Crippen LogP contribution >= 0.6 is 0 Å². The molecule has 0 radical (unpaired) electrons. The lowest BCUT2D eigenvalue weighted by Gasteiger charge is -2.27. The van der Waals surface area contributed by atoms with E-state index in [1.54, 1.807) is 0 Å². The number of likely N-dealkylation sites (N-methyl/N-ethyl adjacent to an activating group) is 1. The maximum atomic E-state index is 5.89. The van der Waals surface area contributed by atoms with Crippen molar-refractivity contribution in [2.75, 3.05) is 7.05 Å². The van der Waals surface area contributed by atoms with Crippen LogP contribution in [-0.2, 0) is 4.74 Å². The fourth-order valence-corrected chi connectivity index (χ4v) is 1.72. The molecule has 0 aromatic heterocycles. The van der Waals surface area contributed by atoms with E-state index in [9.17, 15) is 0 Å². The Hall–Kier alpha value is -1.18. The van der Waals surface area contributed by atoms with Gasteiger partial charge in [0.15, 0.2) is 0 Å². The molecule has 0 atom stereocenters. The third-order valence-corrected chi connectivity index (χ3v) is 2.92. The summed E-state index contributed by atoms with van der Waals surface area (Å²) in [5, 5.41) is 3.18. The minimum absolute atomic E-state index is 0.457. The molecule has 0 aliphatic heterocycles. The highest BCUT2D eigenvalue weighted by atomic mass is 16.5. The average molecular weight is 205 g/mol. The first-order chi connectivity index (χ1) is 7.38. The van der Waals surface area contributed by atoms with Crippen molar-refractivity contribution in [2.45, 2.75) is 38.2 Å². The predicted molar refractivity (Wildman–Crippen MR) is 62.3 cm³/mol. The second kappa shape index (κ2) is 5.06. The summed E-state index contributed by atoms with van der Waals surface area (Å²) in [6, 6.07) is 0. The van der Waals surface area contributed by atoms with Gasteiger partial charge in [0.05, 0.1) is 6.10 Å². The number of nitrogens with one attached hydrogen (secondary N) is 1. The van der Waals surface area contributed by atoms with Gasteiger partial charge in [0.2, 0.25) is 0 Å². The van der Waals surface area contributed by atoms with Crippen molar-refractivity contribution >= 4 is 0 Å². The van der Waals surface area contributed by atoms with Gasteiger partial charge in [-0.25, -0.2) is 0 Å². The molecule has 2 nitrogen and oxygen atoms in total. The van der Waals surface area contributed by atoms with Crippen molar-refractivity contribution in [3.63, 3.8) is 0 Å². The molecule has 15 heavy (non-hydrogen) atoms. The topological polar surface area (TPSA) is 21.3 Å². The van der Waals surface area contributed by atoms with E-state index < -0.39 is 0 Å². The lowest BCUT2D eigenvalue weighted by molar-refractivity contribution is 0.0589. The molecule has 0 amide bonds. The summed E-state index contributed by atoms with van der Waals surface area (Å²) < 4.78 is 5.89. The van der Waals surface area contributed by atoms with E-state index in [4.69, 9.17) is 4.74 Å². The molecule has 1 fully saturated rings. The molecule has 2 aliphatic rings. The predicted octanol–water partition coefficient (Wildman–Crippen LogP) is 2.89. The minimum Gasteiger partial charge on any atom is -0.490 e. The molecule has 0 heterocycles. The Bertz CT molecular complexity index is 298. The normalized spacial score (nSPS) is 31.0. The summed E-state index contributed by atoms with van der Waals surface area (Å²) in [5.41, 5.74) is 1.16. The molecular formula is C13H19NO. The molecular weight excluding hydrogens is 186 g/mol. The van der Waals surface area contributed by atoms with Crippen LogP contribution in [0.1, 0.15) is 32.1 Å². The van der Waals surface area contributed by atoms with Crippen LogP contribution in [0.3, 0.4) is 0 Å². The molecule has 0 spiro atoms. The Morgan fingerprint density at radius 1 is 1.33 bits per heavy atom. The van der Waals surface area contributed by atoms with Crippen molar-refractivity contribution in [3.05, 3.63) is 35.8 Å². The quantitative estimate of drug-likeness (QED) is 0.765. The largest absolute Gasteiger partial charge is 0.490 e. The standard InChI is InChI=1S/C13H19NO/c1-14-11-6-3-2-4-7-13(10-11)15-12-8-5-9-12/h4,6-7,10,12,14H,2-3,5,8-9H2,1H3/b7-4+,11-6+,13-10+. The molecule has 0 unspecified atom stereocenters. The van der Waals surface area contributed by atoms with Crippen molar-refractivity contribution in [2.24, 2.45) is 0 Å². The number of rotatable bonds is 3. The Labute approximate surface area is 91.7 Å². The van der Waals surface area contributed by atoms with Gasteiger partial charge in [-0.1, -0.05) is 12.2 Å². The third kappa shape index (κ3) is 2.88. The number of ether oxygens (including phenoxy) is 1. The summed E-state index contributed by atoms with van der Waals surface area (Å²) in [5.74, 6) is 1.00. The second-order valence-corrected chi connectivity index (χ2v) is 4.11. The fraction of sp³-hybridized carbons (Fsp3) is 0.538. The van der Waals surface area contributed by atoms with E-state index >= 15 is 0 Å². The van der Waals surface area contributed by atoms with Crippen LogP contribution in [0.4, 0.5) is 0 Å². The van der Waals surface area contributed by atoms with Gasteiger partial charge in [0, 0.05) is 18.8 Å². The van der Waals surface area contributed by atoms with Gasteiger partial charge in [0.25, 0.3) is 0 Å². The van der Waals surface area contributed by atoms with Crippen LogP contribution in [0.25, 0.3) is 0 Å². The highest BCUT2D eigenvalue weighted by molar-refractivity contribution is 5.27. The van der Waals surface area contributed by atoms with E-state index in [1.807, 2.05) is 7.05 Å². The van der Waals surface area contributed by atoms with Crippen LogP contribution in [0.15, 0.2) is 35.8 Å². The Morgan fingerprint density at radius 3 is 2.87 bits per heavy atom. The van der Waals surface area contributed by atoms with Crippen LogP contribution in [0.5, 0.6) is 0 Å². The lowest BCUT2D eigenvalue weighted by Crippen LogP contribution is -2.21. The molecule has 0 aromatic carbocycles. The van der Waals surface area contributed by atoms with Gasteiger partial charge in [-0.05, 0) is 38.2 Å². The van der Waals surface area contributed by atoms with Crippen LogP contribution in [0, 0.1) is 0 Å². The lowest BCUT2D eigenvalue weighted by atomic mass is 9.96. The Balaban J connectivity index is 2.03. The second-order valence-electron chi connectivity index (χ2n) is 4.11. The highest BCUT2D eigenvalue weighted by Gasteiger charge is 2.19. The first-order valence-electron chi connectivity index (χ1n) is 5.81.